The number of hydrogen-bond acceptors (Lipinski definition) is 5. The Kier molecular flexibility index (Phi) is 7.33. The minimum atomic E-state index is -3.48. The van der Waals surface area contributed by atoms with E-state index >= 15 is 0 Å². The van der Waals surface area contributed by atoms with Gasteiger partial charge in [0.1, 0.15) is 0 Å². The van der Waals surface area contributed by atoms with Gasteiger partial charge in [-0.05, 0) is 20.3 Å². The summed E-state index contributed by atoms with van der Waals surface area (Å²) in [5.74, 6) is -0.803. The molecule has 0 rings (SSSR count). The van der Waals surface area contributed by atoms with Gasteiger partial charge >= 0.3 is 5.97 Å². The van der Waals surface area contributed by atoms with Crippen LogP contribution in [0.4, 0.5) is 0 Å². The summed E-state index contributed by atoms with van der Waals surface area (Å²) in [6.45, 7) is 3.72. The maximum Gasteiger partial charge on any atom is 0.306 e. The Bertz CT molecular complexity index is 326. The van der Waals surface area contributed by atoms with Crippen LogP contribution in [-0.2, 0) is 19.6 Å². The van der Waals surface area contributed by atoms with Crippen molar-refractivity contribution in [1.29, 1.82) is 0 Å². The van der Waals surface area contributed by atoms with Crippen LogP contribution in [0, 0.1) is 0 Å². The Morgan fingerprint density at radius 1 is 1.41 bits per heavy atom. The predicted octanol–water partition coefficient (Wildman–Crippen LogP) is -0.0279. The second-order valence-corrected chi connectivity index (χ2v) is 5.96. The molecule has 0 aliphatic rings. The Morgan fingerprint density at radius 3 is 2.41 bits per heavy atom. The van der Waals surface area contributed by atoms with Gasteiger partial charge in [-0.15, -0.1) is 0 Å². The molecule has 0 saturated carbocycles. The van der Waals surface area contributed by atoms with Crippen LogP contribution in [0.25, 0.3) is 0 Å². The first kappa shape index (κ1) is 16.3. The topological polar surface area (TPSA) is 83.9 Å². The molecule has 0 fully saturated rings. The van der Waals surface area contributed by atoms with Crippen molar-refractivity contribution in [2.75, 3.05) is 26.0 Å². The summed E-state index contributed by atoms with van der Waals surface area (Å²) in [5.41, 5.74) is 0. The highest BCUT2D eigenvalue weighted by Gasteiger charge is 2.25. The summed E-state index contributed by atoms with van der Waals surface area (Å²) >= 11 is 0. The molecule has 0 bridgehead atoms. The van der Waals surface area contributed by atoms with E-state index < -0.39 is 16.0 Å². The first-order valence-electron chi connectivity index (χ1n) is 5.52. The number of hydrogen-bond donors (Lipinski definition) is 1. The van der Waals surface area contributed by atoms with Crippen molar-refractivity contribution in [3.8, 4) is 0 Å². The highest BCUT2D eigenvalue weighted by atomic mass is 32.2. The van der Waals surface area contributed by atoms with Gasteiger partial charge in [0.15, 0.2) is 0 Å². The monoisotopic (exact) mass is 267 g/mol. The summed E-state index contributed by atoms with van der Waals surface area (Å²) in [7, 11) is -2.25. The molecule has 0 heterocycles. The minimum Gasteiger partial charge on any atom is -0.469 e. The smallest absolute Gasteiger partial charge is 0.306 e. The number of aliphatic hydroxyl groups excluding tert-OH is 1. The van der Waals surface area contributed by atoms with Gasteiger partial charge in [0.2, 0.25) is 10.0 Å². The summed E-state index contributed by atoms with van der Waals surface area (Å²) in [5, 5.41) is 8.72. The number of carbonyl (C=O) groups is 1. The van der Waals surface area contributed by atoms with Gasteiger partial charge in [0, 0.05) is 19.2 Å². The summed E-state index contributed by atoms with van der Waals surface area (Å²) in [6, 6.07) is -0.191. The van der Waals surface area contributed by atoms with Crippen LogP contribution < -0.4 is 0 Å². The zero-order valence-corrected chi connectivity index (χ0v) is 11.4. The molecule has 1 N–H and O–H groups in total. The van der Waals surface area contributed by atoms with Crippen LogP contribution in [-0.4, -0.2) is 55.9 Å². The van der Waals surface area contributed by atoms with Gasteiger partial charge in [0.05, 0.1) is 19.3 Å². The second-order valence-electron chi connectivity index (χ2n) is 3.92. The van der Waals surface area contributed by atoms with E-state index in [1.165, 1.54) is 11.4 Å². The standard InChI is InChI=1S/C10H21NO5S/c1-9(2)11(6-4-7-12)17(14,15)8-5-10(13)16-3/h9,12H,4-8H2,1-3H3. The molecule has 0 atom stereocenters. The van der Waals surface area contributed by atoms with Gasteiger partial charge in [-0.2, -0.15) is 4.31 Å². The molecule has 7 heteroatoms. The van der Waals surface area contributed by atoms with Crippen molar-refractivity contribution in [1.82, 2.24) is 4.31 Å². The number of carbonyl (C=O) groups excluding carboxylic acids is 1. The molecule has 0 aromatic heterocycles. The SMILES string of the molecule is COC(=O)CCS(=O)(=O)N(CCCO)C(C)C. The first-order valence-corrected chi connectivity index (χ1v) is 7.13. The van der Waals surface area contributed by atoms with Gasteiger partial charge < -0.3 is 9.84 Å². The van der Waals surface area contributed by atoms with Crippen molar-refractivity contribution < 1.29 is 23.1 Å². The largest absolute Gasteiger partial charge is 0.469 e. The van der Waals surface area contributed by atoms with Gasteiger partial charge in [-0.25, -0.2) is 8.42 Å². The molecule has 0 aliphatic carbocycles. The van der Waals surface area contributed by atoms with Crippen LogP contribution in [0.3, 0.4) is 0 Å². The molecule has 0 aliphatic heterocycles. The average molecular weight is 267 g/mol. The third-order valence-electron chi connectivity index (χ3n) is 2.26. The molecule has 0 aromatic rings. The zero-order chi connectivity index (χ0) is 13.5. The van der Waals surface area contributed by atoms with E-state index in [0.717, 1.165) is 0 Å². The van der Waals surface area contributed by atoms with E-state index in [1.807, 2.05) is 0 Å². The number of aliphatic hydroxyl groups is 1. The lowest BCUT2D eigenvalue weighted by atomic mass is 10.3. The molecule has 102 valence electrons. The maximum absolute atomic E-state index is 11.9. The van der Waals surface area contributed by atoms with Crippen molar-refractivity contribution >= 4 is 16.0 Å². The molecule has 0 aromatic carbocycles. The lowest BCUT2D eigenvalue weighted by molar-refractivity contribution is -0.140. The Balaban J connectivity index is 4.55. The second kappa shape index (κ2) is 7.62. The molecule has 0 saturated heterocycles. The van der Waals surface area contributed by atoms with Crippen LogP contribution in [0.2, 0.25) is 0 Å². The molecule has 0 radical (unpaired) electrons. The van der Waals surface area contributed by atoms with Crippen molar-refractivity contribution in [3.05, 3.63) is 0 Å². The molecule has 0 spiro atoms. The van der Waals surface area contributed by atoms with Crippen LogP contribution >= 0.6 is 0 Å². The van der Waals surface area contributed by atoms with Crippen LogP contribution in [0.1, 0.15) is 26.7 Å². The Morgan fingerprint density at radius 2 is 2.00 bits per heavy atom. The fourth-order valence-corrected chi connectivity index (χ4v) is 3.09. The average Bonchev–Trinajstić information content (AvgIpc) is 2.25. The zero-order valence-electron chi connectivity index (χ0n) is 10.5. The molecule has 6 nitrogen and oxygen atoms in total. The van der Waals surface area contributed by atoms with E-state index in [2.05, 4.69) is 4.74 Å². The number of nitrogens with zero attached hydrogens (tertiary/aromatic N) is 1. The lowest BCUT2D eigenvalue weighted by Gasteiger charge is -2.25. The number of ether oxygens (including phenoxy) is 1. The fourth-order valence-electron chi connectivity index (χ4n) is 1.38. The number of rotatable bonds is 8. The van der Waals surface area contributed by atoms with Gasteiger partial charge in [-0.1, -0.05) is 0 Å². The van der Waals surface area contributed by atoms with Crippen molar-refractivity contribution in [2.45, 2.75) is 32.7 Å². The van der Waals surface area contributed by atoms with Gasteiger partial charge in [-0.3, -0.25) is 4.79 Å². The summed E-state index contributed by atoms with van der Waals surface area (Å²) in [4.78, 5) is 10.9. The predicted molar refractivity (Wildman–Crippen MR) is 64.0 cm³/mol. The highest BCUT2D eigenvalue weighted by molar-refractivity contribution is 7.89. The molecular formula is C10H21NO5S. The van der Waals surface area contributed by atoms with E-state index in [4.69, 9.17) is 5.11 Å². The third-order valence-corrected chi connectivity index (χ3v) is 4.30. The number of methoxy groups -OCH3 is 1. The van der Waals surface area contributed by atoms with E-state index in [1.54, 1.807) is 13.8 Å². The summed E-state index contributed by atoms with van der Waals surface area (Å²) in [6.07, 6.45) is 0.233. The van der Waals surface area contributed by atoms with Gasteiger partial charge in [0.25, 0.3) is 0 Å². The van der Waals surface area contributed by atoms with E-state index in [0.29, 0.717) is 6.42 Å². The van der Waals surface area contributed by atoms with E-state index in [9.17, 15) is 13.2 Å². The maximum atomic E-state index is 11.9. The Hall–Kier alpha value is -0.660. The van der Waals surface area contributed by atoms with Crippen molar-refractivity contribution in [2.24, 2.45) is 0 Å². The van der Waals surface area contributed by atoms with Crippen LogP contribution in [0.15, 0.2) is 0 Å². The van der Waals surface area contributed by atoms with Crippen LogP contribution in [0.5, 0.6) is 0 Å². The van der Waals surface area contributed by atoms with Crippen molar-refractivity contribution in [3.63, 3.8) is 0 Å². The fraction of sp³-hybridized carbons (Fsp3) is 0.900. The molecule has 0 unspecified atom stereocenters. The highest BCUT2D eigenvalue weighted by Crippen LogP contribution is 2.10. The Labute approximate surface area is 103 Å². The molecular weight excluding hydrogens is 246 g/mol. The quantitative estimate of drug-likeness (QED) is 0.624. The van der Waals surface area contributed by atoms with E-state index in [-0.39, 0.29) is 31.4 Å². The lowest BCUT2D eigenvalue weighted by Crippen LogP contribution is -2.39. The third kappa shape index (κ3) is 5.99. The molecule has 17 heavy (non-hydrogen) atoms. The number of esters is 1. The molecule has 0 amide bonds. The summed E-state index contributed by atoms with van der Waals surface area (Å²) < 4.78 is 29.6. The first-order chi connectivity index (χ1) is 7.85. The minimum absolute atomic E-state index is 0.0598. The normalized spacial score (nSPS) is 12.1. The number of sulfonamides is 1.